The van der Waals surface area contributed by atoms with Crippen molar-refractivity contribution in [3.63, 3.8) is 0 Å². The summed E-state index contributed by atoms with van der Waals surface area (Å²) in [7, 11) is 0. The Morgan fingerprint density at radius 2 is 1.92 bits per heavy atom. The minimum atomic E-state index is -0.841. The van der Waals surface area contributed by atoms with E-state index in [0.29, 0.717) is 25.8 Å². The number of fused-ring (bicyclic) bond motifs is 1. The second-order valence-corrected chi connectivity index (χ2v) is 6.54. The van der Waals surface area contributed by atoms with Gasteiger partial charge in [0.1, 0.15) is 0 Å². The van der Waals surface area contributed by atoms with Gasteiger partial charge in [0.15, 0.2) is 0 Å². The van der Waals surface area contributed by atoms with Gasteiger partial charge in [-0.1, -0.05) is 18.2 Å². The number of carboxylic acid groups (broad SMARTS) is 1. The summed E-state index contributed by atoms with van der Waals surface area (Å²) < 4.78 is 0. The molecule has 0 spiro atoms. The van der Waals surface area contributed by atoms with Gasteiger partial charge in [-0.05, 0) is 43.7 Å². The fourth-order valence-corrected chi connectivity index (χ4v) is 3.64. The number of rotatable bonds is 4. The molecular weight excluding hydrogens is 308 g/mol. The summed E-state index contributed by atoms with van der Waals surface area (Å²) >= 11 is 0. The predicted molar refractivity (Wildman–Crippen MR) is 88.6 cm³/mol. The Morgan fingerprint density at radius 1 is 1.17 bits per heavy atom. The molecule has 2 N–H and O–H groups in total. The molecule has 1 aromatic rings. The minimum absolute atomic E-state index is 0.0403. The van der Waals surface area contributed by atoms with Gasteiger partial charge in [0, 0.05) is 18.2 Å². The third kappa shape index (κ3) is 3.42. The smallest absolute Gasteiger partial charge is 0.306 e. The Kier molecular flexibility index (Phi) is 4.83. The van der Waals surface area contributed by atoms with Gasteiger partial charge in [-0.2, -0.15) is 0 Å². The molecule has 6 heteroatoms. The lowest BCUT2D eigenvalue weighted by atomic mass is 10.0. The lowest BCUT2D eigenvalue weighted by molar-refractivity contribution is -0.141. The lowest BCUT2D eigenvalue weighted by Crippen LogP contribution is -2.43. The molecule has 1 aliphatic heterocycles. The molecule has 1 fully saturated rings. The molecule has 6 nitrogen and oxygen atoms in total. The SMILES string of the molecule is O=C(O)[C@@H]1CC[C@H](C(=O)NCC(=O)N2CCCc3ccccc32)C1. The number of aliphatic carboxylic acids is 1. The van der Waals surface area contributed by atoms with Crippen molar-refractivity contribution < 1.29 is 19.5 Å². The largest absolute Gasteiger partial charge is 0.481 e. The van der Waals surface area contributed by atoms with E-state index in [2.05, 4.69) is 5.32 Å². The summed E-state index contributed by atoms with van der Waals surface area (Å²) in [4.78, 5) is 37.3. The van der Waals surface area contributed by atoms with Gasteiger partial charge in [0.2, 0.25) is 11.8 Å². The van der Waals surface area contributed by atoms with Crippen LogP contribution in [0.2, 0.25) is 0 Å². The Labute approximate surface area is 140 Å². The highest BCUT2D eigenvalue weighted by Crippen LogP contribution is 2.31. The number of amides is 2. The molecule has 0 unspecified atom stereocenters. The standard InChI is InChI=1S/C18H22N2O4/c21-16(20-9-3-5-12-4-1-2-6-15(12)20)11-19-17(22)13-7-8-14(10-13)18(23)24/h1-2,4,6,13-14H,3,5,7-11H2,(H,19,22)(H,23,24)/t13-,14+/m0/s1. The van der Waals surface area contributed by atoms with Crippen LogP contribution in [0.4, 0.5) is 5.69 Å². The van der Waals surface area contributed by atoms with Crippen molar-refractivity contribution >= 4 is 23.5 Å². The van der Waals surface area contributed by atoms with Crippen molar-refractivity contribution in [2.24, 2.45) is 11.8 Å². The Bertz CT molecular complexity index is 658. The summed E-state index contributed by atoms with van der Waals surface area (Å²) in [6, 6.07) is 7.84. The maximum atomic E-state index is 12.5. The highest BCUT2D eigenvalue weighted by Gasteiger charge is 2.34. The highest BCUT2D eigenvalue weighted by atomic mass is 16.4. The molecule has 2 aliphatic rings. The molecular formula is C18H22N2O4. The van der Waals surface area contributed by atoms with E-state index in [1.165, 1.54) is 0 Å². The molecule has 1 aliphatic carbocycles. The third-order valence-electron chi connectivity index (χ3n) is 4.98. The van der Waals surface area contributed by atoms with Gasteiger partial charge >= 0.3 is 5.97 Å². The van der Waals surface area contributed by atoms with Crippen molar-refractivity contribution in [1.29, 1.82) is 0 Å². The number of hydrogen-bond acceptors (Lipinski definition) is 3. The number of hydrogen-bond donors (Lipinski definition) is 2. The van der Waals surface area contributed by atoms with Crippen molar-refractivity contribution in [2.75, 3.05) is 18.0 Å². The van der Waals surface area contributed by atoms with E-state index in [1.54, 1.807) is 4.90 Å². The van der Waals surface area contributed by atoms with Crippen LogP contribution in [0, 0.1) is 11.8 Å². The van der Waals surface area contributed by atoms with Crippen LogP contribution in [0.1, 0.15) is 31.2 Å². The summed E-state index contributed by atoms with van der Waals surface area (Å²) in [6.07, 6.45) is 3.34. The zero-order valence-electron chi connectivity index (χ0n) is 13.5. The van der Waals surface area contributed by atoms with E-state index in [9.17, 15) is 14.4 Å². The molecule has 1 saturated carbocycles. The van der Waals surface area contributed by atoms with Crippen LogP contribution in [0.15, 0.2) is 24.3 Å². The number of nitrogens with zero attached hydrogens (tertiary/aromatic N) is 1. The van der Waals surface area contributed by atoms with E-state index < -0.39 is 11.9 Å². The van der Waals surface area contributed by atoms with Gasteiger partial charge in [0.05, 0.1) is 12.5 Å². The molecule has 0 radical (unpaired) electrons. The Balaban J connectivity index is 1.55. The number of para-hydroxylation sites is 1. The van der Waals surface area contributed by atoms with Crippen LogP contribution in [0.3, 0.4) is 0 Å². The highest BCUT2D eigenvalue weighted by molar-refractivity contribution is 5.97. The second kappa shape index (κ2) is 7.03. The van der Waals surface area contributed by atoms with E-state index in [-0.39, 0.29) is 24.3 Å². The van der Waals surface area contributed by atoms with Gasteiger partial charge in [-0.3, -0.25) is 14.4 Å². The number of carboxylic acids is 1. The van der Waals surface area contributed by atoms with Crippen LogP contribution < -0.4 is 10.2 Å². The molecule has 2 atom stereocenters. The average Bonchev–Trinajstić information content (AvgIpc) is 3.09. The first-order valence-corrected chi connectivity index (χ1v) is 8.45. The topological polar surface area (TPSA) is 86.7 Å². The summed E-state index contributed by atoms with van der Waals surface area (Å²) in [5.74, 6) is -1.91. The molecule has 0 bridgehead atoms. The van der Waals surface area contributed by atoms with Crippen LogP contribution in [-0.4, -0.2) is 36.0 Å². The van der Waals surface area contributed by atoms with Crippen molar-refractivity contribution in [3.05, 3.63) is 29.8 Å². The molecule has 1 aromatic carbocycles. The van der Waals surface area contributed by atoms with Crippen LogP contribution in [0.25, 0.3) is 0 Å². The summed E-state index contributed by atoms with van der Waals surface area (Å²) in [6.45, 7) is 0.623. The molecule has 2 amide bonds. The fourth-order valence-electron chi connectivity index (χ4n) is 3.64. The van der Waals surface area contributed by atoms with Crippen LogP contribution >= 0.6 is 0 Å². The first-order valence-electron chi connectivity index (χ1n) is 8.45. The summed E-state index contributed by atoms with van der Waals surface area (Å²) in [5, 5.41) is 11.7. The maximum absolute atomic E-state index is 12.5. The zero-order chi connectivity index (χ0) is 17.1. The van der Waals surface area contributed by atoms with Gasteiger partial charge in [0.25, 0.3) is 0 Å². The second-order valence-electron chi connectivity index (χ2n) is 6.54. The van der Waals surface area contributed by atoms with Crippen molar-refractivity contribution in [1.82, 2.24) is 5.32 Å². The van der Waals surface area contributed by atoms with Crippen molar-refractivity contribution in [2.45, 2.75) is 32.1 Å². The zero-order valence-corrected chi connectivity index (χ0v) is 13.5. The molecule has 24 heavy (non-hydrogen) atoms. The van der Waals surface area contributed by atoms with E-state index >= 15 is 0 Å². The number of aryl methyl sites for hydroxylation is 1. The predicted octanol–water partition coefficient (Wildman–Crippen LogP) is 1.58. The Hall–Kier alpha value is -2.37. The van der Waals surface area contributed by atoms with Gasteiger partial charge < -0.3 is 15.3 Å². The molecule has 1 heterocycles. The lowest BCUT2D eigenvalue weighted by Gasteiger charge is -2.29. The normalized spacial score (nSPS) is 22.8. The molecule has 0 saturated heterocycles. The summed E-state index contributed by atoms with van der Waals surface area (Å²) in [5.41, 5.74) is 2.08. The number of benzene rings is 1. The number of anilines is 1. The Morgan fingerprint density at radius 3 is 2.67 bits per heavy atom. The first kappa shape index (κ1) is 16.5. The van der Waals surface area contributed by atoms with Gasteiger partial charge in [-0.25, -0.2) is 0 Å². The third-order valence-corrected chi connectivity index (χ3v) is 4.98. The molecule has 0 aromatic heterocycles. The van der Waals surface area contributed by atoms with E-state index in [0.717, 1.165) is 24.1 Å². The first-order chi connectivity index (χ1) is 11.6. The monoisotopic (exact) mass is 330 g/mol. The minimum Gasteiger partial charge on any atom is -0.481 e. The molecule has 128 valence electrons. The number of nitrogens with one attached hydrogen (secondary N) is 1. The number of carbonyl (C=O) groups is 3. The van der Waals surface area contributed by atoms with E-state index in [4.69, 9.17) is 5.11 Å². The van der Waals surface area contributed by atoms with Crippen LogP contribution in [-0.2, 0) is 20.8 Å². The van der Waals surface area contributed by atoms with Crippen molar-refractivity contribution in [3.8, 4) is 0 Å². The fraction of sp³-hybridized carbons (Fsp3) is 0.500. The number of carbonyl (C=O) groups excluding carboxylic acids is 2. The molecule has 3 rings (SSSR count). The average molecular weight is 330 g/mol. The van der Waals surface area contributed by atoms with Crippen LogP contribution in [0.5, 0.6) is 0 Å². The van der Waals surface area contributed by atoms with E-state index in [1.807, 2.05) is 24.3 Å². The van der Waals surface area contributed by atoms with Gasteiger partial charge in [-0.15, -0.1) is 0 Å². The quantitative estimate of drug-likeness (QED) is 0.877. The maximum Gasteiger partial charge on any atom is 0.306 e.